The summed E-state index contributed by atoms with van der Waals surface area (Å²) in [5.74, 6) is 1.66. The Balaban J connectivity index is 1.76. The molecule has 1 aliphatic rings. The second-order valence-electron chi connectivity index (χ2n) is 6.39. The third-order valence-electron chi connectivity index (χ3n) is 4.58. The third-order valence-corrected chi connectivity index (χ3v) is 4.58. The van der Waals surface area contributed by atoms with Gasteiger partial charge in [-0.2, -0.15) is 0 Å². The fourth-order valence-electron chi connectivity index (χ4n) is 3.09. The van der Waals surface area contributed by atoms with Crippen LogP contribution in [-0.2, 0) is 22.6 Å². The quantitative estimate of drug-likeness (QED) is 0.764. The average molecular weight is 355 g/mol. The average Bonchev–Trinajstić information content (AvgIpc) is 3.23. The second-order valence-corrected chi connectivity index (χ2v) is 6.39. The molecule has 26 heavy (non-hydrogen) atoms. The van der Waals surface area contributed by atoms with Crippen LogP contribution in [0.4, 0.5) is 0 Å². The van der Waals surface area contributed by atoms with E-state index in [4.69, 9.17) is 14.2 Å². The van der Waals surface area contributed by atoms with Crippen molar-refractivity contribution in [2.45, 2.75) is 32.0 Å². The van der Waals surface area contributed by atoms with Crippen molar-refractivity contribution < 1.29 is 19.0 Å². The standard InChI is InChI=1S/C21H25NO4/c1-24-18-9-5-16(6-10-18)14-22(21(23)20-4-3-13-26-20)15-17-7-11-19(25-2)12-8-17/h5-12,20H,3-4,13-15H2,1-2H3. The highest BCUT2D eigenvalue weighted by atomic mass is 16.5. The SMILES string of the molecule is COc1ccc(CN(Cc2ccc(OC)cc2)C(=O)C2CCCO2)cc1. The van der Waals surface area contributed by atoms with E-state index in [9.17, 15) is 4.79 Å². The Morgan fingerprint density at radius 1 is 0.962 bits per heavy atom. The number of benzene rings is 2. The summed E-state index contributed by atoms with van der Waals surface area (Å²) in [5.41, 5.74) is 2.12. The van der Waals surface area contributed by atoms with Crippen LogP contribution < -0.4 is 9.47 Å². The van der Waals surface area contributed by atoms with E-state index in [1.165, 1.54) is 0 Å². The highest BCUT2D eigenvalue weighted by molar-refractivity contribution is 5.81. The molecule has 1 heterocycles. The van der Waals surface area contributed by atoms with Gasteiger partial charge in [-0.1, -0.05) is 24.3 Å². The van der Waals surface area contributed by atoms with Gasteiger partial charge in [0.1, 0.15) is 17.6 Å². The Hall–Kier alpha value is -2.53. The van der Waals surface area contributed by atoms with Crippen LogP contribution in [0.3, 0.4) is 0 Å². The summed E-state index contributed by atoms with van der Waals surface area (Å²) >= 11 is 0. The molecule has 1 atom stereocenters. The summed E-state index contributed by atoms with van der Waals surface area (Å²) in [7, 11) is 3.29. The molecule has 5 nitrogen and oxygen atoms in total. The lowest BCUT2D eigenvalue weighted by Gasteiger charge is -2.26. The number of rotatable bonds is 7. The predicted octanol–water partition coefficient (Wildman–Crippen LogP) is 3.41. The Labute approximate surface area is 154 Å². The Kier molecular flexibility index (Phi) is 6.12. The van der Waals surface area contributed by atoms with Crippen LogP contribution >= 0.6 is 0 Å². The topological polar surface area (TPSA) is 48.0 Å². The largest absolute Gasteiger partial charge is 0.497 e. The third kappa shape index (κ3) is 4.55. The number of carbonyl (C=O) groups is 1. The van der Waals surface area contributed by atoms with Gasteiger partial charge in [0.2, 0.25) is 0 Å². The smallest absolute Gasteiger partial charge is 0.252 e. The number of ether oxygens (including phenoxy) is 3. The molecule has 0 saturated carbocycles. The van der Waals surface area contributed by atoms with Gasteiger partial charge in [0.05, 0.1) is 14.2 Å². The molecule has 0 N–H and O–H groups in total. The highest BCUT2D eigenvalue weighted by Gasteiger charge is 2.28. The van der Waals surface area contributed by atoms with Crippen molar-refractivity contribution in [3.63, 3.8) is 0 Å². The summed E-state index contributed by atoms with van der Waals surface area (Å²) in [4.78, 5) is 14.8. The van der Waals surface area contributed by atoms with E-state index in [2.05, 4.69) is 0 Å². The van der Waals surface area contributed by atoms with Crippen molar-refractivity contribution in [2.75, 3.05) is 20.8 Å². The van der Waals surface area contributed by atoms with E-state index >= 15 is 0 Å². The number of amides is 1. The van der Waals surface area contributed by atoms with Crippen LogP contribution in [0.5, 0.6) is 11.5 Å². The minimum absolute atomic E-state index is 0.0501. The molecular formula is C21H25NO4. The normalized spacial score (nSPS) is 16.3. The molecule has 0 aromatic heterocycles. The van der Waals surface area contributed by atoms with Crippen molar-refractivity contribution in [3.8, 4) is 11.5 Å². The first-order valence-electron chi connectivity index (χ1n) is 8.86. The van der Waals surface area contributed by atoms with E-state index < -0.39 is 0 Å². The van der Waals surface area contributed by atoms with Gasteiger partial charge >= 0.3 is 0 Å². The Bertz CT molecular complexity index is 656. The van der Waals surface area contributed by atoms with Gasteiger partial charge in [0.15, 0.2) is 0 Å². The van der Waals surface area contributed by atoms with Crippen LogP contribution in [0.25, 0.3) is 0 Å². The van der Waals surface area contributed by atoms with E-state index in [0.717, 1.165) is 35.5 Å². The molecule has 3 rings (SSSR count). The fourth-order valence-corrected chi connectivity index (χ4v) is 3.09. The maximum atomic E-state index is 13.0. The zero-order valence-corrected chi connectivity index (χ0v) is 15.3. The van der Waals surface area contributed by atoms with Gasteiger partial charge < -0.3 is 19.1 Å². The molecule has 2 aromatic rings. The Morgan fingerprint density at radius 2 is 1.46 bits per heavy atom. The van der Waals surface area contributed by atoms with Gasteiger partial charge in [-0.05, 0) is 48.2 Å². The summed E-state index contributed by atoms with van der Waals surface area (Å²) < 4.78 is 16.0. The van der Waals surface area contributed by atoms with Crippen molar-refractivity contribution in [1.82, 2.24) is 4.90 Å². The van der Waals surface area contributed by atoms with Gasteiger partial charge in [-0.15, -0.1) is 0 Å². The number of hydrogen-bond donors (Lipinski definition) is 0. The first-order chi connectivity index (χ1) is 12.7. The molecule has 1 aliphatic heterocycles. The van der Waals surface area contributed by atoms with Crippen molar-refractivity contribution >= 4 is 5.91 Å². The van der Waals surface area contributed by atoms with Crippen molar-refractivity contribution in [3.05, 3.63) is 59.7 Å². The highest BCUT2D eigenvalue weighted by Crippen LogP contribution is 2.21. The molecule has 138 valence electrons. The van der Waals surface area contributed by atoms with E-state index in [1.807, 2.05) is 53.4 Å². The van der Waals surface area contributed by atoms with Crippen LogP contribution in [0.15, 0.2) is 48.5 Å². The lowest BCUT2D eigenvalue weighted by Crippen LogP contribution is -2.38. The van der Waals surface area contributed by atoms with Crippen molar-refractivity contribution in [2.24, 2.45) is 0 Å². The molecule has 0 spiro atoms. The molecule has 1 fully saturated rings. The van der Waals surface area contributed by atoms with Crippen LogP contribution in [0, 0.1) is 0 Å². The number of carbonyl (C=O) groups excluding carboxylic acids is 1. The minimum Gasteiger partial charge on any atom is -0.497 e. The molecular weight excluding hydrogens is 330 g/mol. The van der Waals surface area contributed by atoms with Crippen LogP contribution in [-0.4, -0.2) is 37.7 Å². The predicted molar refractivity (Wildman–Crippen MR) is 99.2 cm³/mol. The first kappa shape index (κ1) is 18.3. The molecule has 1 saturated heterocycles. The first-order valence-corrected chi connectivity index (χ1v) is 8.86. The minimum atomic E-state index is -0.327. The van der Waals surface area contributed by atoms with Gasteiger partial charge in [-0.3, -0.25) is 4.79 Å². The maximum Gasteiger partial charge on any atom is 0.252 e. The maximum absolute atomic E-state index is 13.0. The lowest BCUT2D eigenvalue weighted by atomic mass is 10.1. The van der Waals surface area contributed by atoms with E-state index in [-0.39, 0.29) is 12.0 Å². The molecule has 0 bridgehead atoms. The van der Waals surface area contributed by atoms with E-state index in [0.29, 0.717) is 19.7 Å². The van der Waals surface area contributed by atoms with Crippen LogP contribution in [0.1, 0.15) is 24.0 Å². The molecule has 0 aliphatic carbocycles. The van der Waals surface area contributed by atoms with Crippen LogP contribution in [0.2, 0.25) is 0 Å². The number of nitrogens with zero attached hydrogens (tertiary/aromatic N) is 1. The van der Waals surface area contributed by atoms with Gasteiger partial charge in [-0.25, -0.2) is 0 Å². The summed E-state index contributed by atoms with van der Waals surface area (Å²) in [6.07, 6.45) is 1.40. The molecule has 1 unspecified atom stereocenters. The van der Waals surface area contributed by atoms with Gasteiger partial charge in [0, 0.05) is 19.7 Å². The molecule has 1 amide bonds. The van der Waals surface area contributed by atoms with Gasteiger partial charge in [0.25, 0.3) is 5.91 Å². The van der Waals surface area contributed by atoms with Crippen molar-refractivity contribution in [1.29, 1.82) is 0 Å². The molecule has 2 aromatic carbocycles. The monoisotopic (exact) mass is 355 g/mol. The molecule has 5 heteroatoms. The summed E-state index contributed by atoms with van der Waals surface area (Å²) in [5, 5.41) is 0. The summed E-state index contributed by atoms with van der Waals surface area (Å²) in [6.45, 7) is 1.73. The second kappa shape index (κ2) is 8.72. The molecule has 0 radical (unpaired) electrons. The van der Waals surface area contributed by atoms with E-state index in [1.54, 1.807) is 14.2 Å². The lowest BCUT2D eigenvalue weighted by molar-refractivity contribution is -0.142. The number of hydrogen-bond acceptors (Lipinski definition) is 4. The zero-order valence-electron chi connectivity index (χ0n) is 15.3. The summed E-state index contributed by atoms with van der Waals surface area (Å²) in [6, 6.07) is 15.6. The zero-order chi connectivity index (χ0) is 18.4. The number of methoxy groups -OCH3 is 2. The fraction of sp³-hybridized carbons (Fsp3) is 0.381. The Morgan fingerprint density at radius 3 is 1.85 bits per heavy atom.